The number of benzene rings is 1. The van der Waals surface area contributed by atoms with Crippen LogP contribution in [0.15, 0.2) is 35.7 Å². The van der Waals surface area contributed by atoms with Gasteiger partial charge in [0.1, 0.15) is 11.5 Å². The van der Waals surface area contributed by atoms with Crippen LogP contribution in [0, 0.1) is 0 Å². The fraction of sp³-hybridized carbons (Fsp3) is 0.417. The van der Waals surface area contributed by atoms with E-state index in [1.54, 1.807) is 4.68 Å². The number of aromatic nitrogens is 3. The molecule has 3 aromatic rings. The minimum absolute atomic E-state index is 0.0995. The van der Waals surface area contributed by atoms with E-state index in [1.807, 2.05) is 47.7 Å². The molecule has 1 saturated carbocycles. The lowest BCUT2D eigenvalue weighted by Crippen LogP contribution is -2.38. The quantitative estimate of drug-likeness (QED) is 0.555. The number of piperidine rings is 1. The Labute approximate surface area is 201 Å². The van der Waals surface area contributed by atoms with E-state index in [4.69, 9.17) is 11.6 Å². The van der Waals surface area contributed by atoms with Crippen LogP contribution in [0.5, 0.6) is 0 Å². The molecule has 2 aromatic heterocycles. The van der Waals surface area contributed by atoms with E-state index >= 15 is 0 Å². The second kappa shape index (κ2) is 9.27. The van der Waals surface area contributed by atoms with E-state index in [9.17, 15) is 9.59 Å². The zero-order valence-corrected chi connectivity index (χ0v) is 20.0. The van der Waals surface area contributed by atoms with Gasteiger partial charge in [0.15, 0.2) is 0 Å². The number of aryl methyl sites for hydroxylation is 1. The molecule has 3 heterocycles. The fourth-order valence-corrected chi connectivity index (χ4v) is 5.41. The Morgan fingerprint density at radius 2 is 1.91 bits per heavy atom. The summed E-state index contributed by atoms with van der Waals surface area (Å²) in [6.45, 7) is 1.38. The molecule has 0 spiro atoms. The molecule has 1 aromatic carbocycles. The Morgan fingerprint density at radius 3 is 2.64 bits per heavy atom. The third-order valence-electron chi connectivity index (χ3n) is 6.39. The Morgan fingerprint density at radius 1 is 1.15 bits per heavy atom. The molecular formula is C24H26ClN5O2S. The number of nitrogens with one attached hydrogen (secondary N) is 1. The van der Waals surface area contributed by atoms with Crippen molar-refractivity contribution in [3.8, 4) is 0 Å². The molecule has 1 aliphatic heterocycles. The smallest absolute Gasteiger partial charge is 0.276 e. The first-order valence-corrected chi connectivity index (χ1v) is 12.6. The summed E-state index contributed by atoms with van der Waals surface area (Å²) < 4.78 is 1.72. The number of thiazole rings is 1. The Hall–Kier alpha value is -2.71. The SMILES string of the molecule is Cn1nc(C2CC2)cc1NC(=O)c1csc(C2CCN(C(=O)Cc3ccccc3Cl)CC2)n1. The van der Waals surface area contributed by atoms with Gasteiger partial charge in [-0.1, -0.05) is 29.8 Å². The van der Waals surface area contributed by atoms with Crippen molar-refractivity contribution in [3.63, 3.8) is 0 Å². The molecule has 2 amide bonds. The van der Waals surface area contributed by atoms with Crippen LogP contribution in [0.3, 0.4) is 0 Å². The minimum Gasteiger partial charge on any atom is -0.342 e. The highest BCUT2D eigenvalue weighted by Crippen LogP contribution is 2.40. The summed E-state index contributed by atoms with van der Waals surface area (Å²) in [6, 6.07) is 9.43. The molecular weight excluding hydrogens is 458 g/mol. The summed E-state index contributed by atoms with van der Waals surface area (Å²) in [5, 5.41) is 10.8. The maximum Gasteiger partial charge on any atom is 0.276 e. The molecule has 1 N–H and O–H groups in total. The fourth-order valence-electron chi connectivity index (χ4n) is 4.24. The number of hydrogen-bond acceptors (Lipinski definition) is 5. The lowest BCUT2D eigenvalue weighted by atomic mass is 9.97. The van der Waals surface area contributed by atoms with E-state index in [-0.39, 0.29) is 17.7 Å². The van der Waals surface area contributed by atoms with Crippen LogP contribution in [-0.4, -0.2) is 44.6 Å². The summed E-state index contributed by atoms with van der Waals surface area (Å²) >= 11 is 7.72. The number of anilines is 1. The Kier molecular flexibility index (Phi) is 6.21. The Bertz CT molecular complexity index is 1180. The van der Waals surface area contributed by atoms with Gasteiger partial charge in [0.25, 0.3) is 5.91 Å². The molecule has 5 rings (SSSR count). The molecule has 172 valence electrons. The van der Waals surface area contributed by atoms with Crippen molar-refractivity contribution in [1.29, 1.82) is 0 Å². The van der Waals surface area contributed by atoms with Crippen LogP contribution in [0.1, 0.15) is 64.3 Å². The number of halogens is 1. The normalized spacial score (nSPS) is 16.7. The number of likely N-dealkylation sites (tertiary alicyclic amines) is 1. The molecule has 7 nitrogen and oxygen atoms in total. The number of nitrogens with zero attached hydrogens (tertiary/aromatic N) is 4. The van der Waals surface area contributed by atoms with Crippen LogP contribution in [0.2, 0.25) is 5.02 Å². The third-order valence-corrected chi connectivity index (χ3v) is 7.76. The van der Waals surface area contributed by atoms with Gasteiger partial charge in [-0.2, -0.15) is 5.10 Å². The highest BCUT2D eigenvalue weighted by Gasteiger charge is 2.28. The average Bonchev–Trinajstić information content (AvgIpc) is 3.43. The summed E-state index contributed by atoms with van der Waals surface area (Å²) in [5.41, 5.74) is 2.34. The molecule has 9 heteroatoms. The predicted molar refractivity (Wildman–Crippen MR) is 129 cm³/mol. The van der Waals surface area contributed by atoms with Gasteiger partial charge in [-0.05, 0) is 37.3 Å². The van der Waals surface area contributed by atoms with Gasteiger partial charge in [-0.3, -0.25) is 14.3 Å². The molecule has 0 atom stereocenters. The van der Waals surface area contributed by atoms with Crippen LogP contribution >= 0.6 is 22.9 Å². The number of hydrogen-bond donors (Lipinski definition) is 1. The van der Waals surface area contributed by atoms with Gasteiger partial charge in [-0.15, -0.1) is 11.3 Å². The zero-order valence-electron chi connectivity index (χ0n) is 18.5. The summed E-state index contributed by atoms with van der Waals surface area (Å²) in [6.07, 6.45) is 4.35. The topological polar surface area (TPSA) is 80.1 Å². The number of carbonyl (C=O) groups excluding carboxylic acids is 2. The van der Waals surface area contributed by atoms with Gasteiger partial charge < -0.3 is 10.2 Å². The summed E-state index contributed by atoms with van der Waals surface area (Å²) in [7, 11) is 1.84. The van der Waals surface area contributed by atoms with E-state index in [0.717, 1.165) is 29.1 Å². The number of carbonyl (C=O) groups is 2. The molecule has 0 unspecified atom stereocenters. The summed E-state index contributed by atoms with van der Waals surface area (Å²) in [4.78, 5) is 31.9. The molecule has 0 bridgehead atoms. The zero-order chi connectivity index (χ0) is 22.9. The van der Waals surface area contributed by atoms with E-state index in [1.165, 1.54) is 24.2 Å². The highest BCUT2D eigenvalue weighted by molar-refractivity contribution is 7.10. The summed E-state index contributed by atoms with van der Waals surface area (Å²) in [5.74, 6) is 1.38. The second-order valence-electron chi connectivity index (χ2n) is 8.80. The molecule has 33 heavy (non-hydrogen) atoms. The lowest BCUT2D eigenvalue weighted by Gasteiger charge is -2.31. The van der Waals surface area contributed by atoms with Gasteiger partial charge in [0.2, 0.25) is 5.91 Å². The predicted octanol–water partition coefficient (Wildman–Crippen LogP) is 4.61. The highest BCUT2D eigenvalue weighted by atomic mass is 35.5. The molecule has 2 aliphatic rings. The first-order chi connectivity index (χ1) is 16.0. The van der Waals surface area contributed by atoms with Crippen molar-refractivity contribution in [1.82, 2.24) is 19.7 Å². The standard InChI is InChI=1S/C24H26ClN5O2S/c1-29-21(13-19(28-29)15-6-7-15)27-23(32)20-14-33-24(26-20)16-8-10-30(11-9-16)22(31)12-17-4-2-3-5-18(17)25/h2-5,13-16H,6-12H2,1H3,(H,27,32). The monoisotopic (exact) mass is 483 g/mol. The van der Waals surface area contributed by atoms with Gasteiger partial charge in [0.05, 0.1) is 17.1 Å². The Balaban J connectivity index is 1.16. The van der Waals surface area contributed by atoms with Gasteiger partial charge in [0, 0.05) is 48.4 Å². The van der Waals surface area contributed by atoms with Crippen LogP contribution in [-0.2, 0) is 18.3 Å². The number of rotatable bonds is 6. The van der Waals surface area contributed by atoms with Crippen molar-refractivity contribution in [2.75, 3.05) is 18.4 Å². The van der Waals surface area contributed by atoms with Gasteiger partial charge in [-0.25, -0.2) is 4.98 Å². The first kappa shape index (κ1) is 22.1. The molecule has 1 aliphatic carbocycles. The number of amides is 2. The van der Waals surface area contributed by atoms with Crippen molar-refractivity contribution >= 4 is 40.6 Å². The lowest BCUT2D eigenvalue weighted by molar-refractivity contribution is -0.131. The third kappa shape index (κ3) is 4.96. The van der Waals surface area contributed by atoms with Gasteiger partial charge >= 0.3 is 0 Å². The minimum atomic E-state index is -0.213. The second-order valence-corrected chi connectivity index (χ2v) is 10.1. The van der Waals surface area contributed by atoms with Crippen molar-refractivity contribution in [3.05, 3.63) is 62.7 Å². The average molecular weight is 484 g/mol. The van der Waals surface area contributed by atoms with Crippen LogP contribution in [0.25, 0.3) is 0 Å². The van der Waals surface area contributed by atoms with E-state index < -0.39 is 0 Å². The molecule has 0 radical (unpaired) electrons. The van der Waals surface area contributed by atoms with E-state index in [2.05, 4.69) is 15.4 Å². The molecule has 1 saturated heterocycles. The van der Waals surface area contributed by atoms with Crippen molar-refractivity contribution in [2.24, 2.45) is 7.05 Å². The largest absolute Gasteiger partial charge is 0.342 e. The van der Waals surface area contributed by atoms with Crippen molar-refractivity contribution in [2.45, 2.75) is 43.9 Å². The maximum atomic E-state index is 12.7. The first-order valence-electron chi connectivity index (χ1n) is 11.3. The van der Waals surface area contributed by atoms with E-state index in [0.29, 0.717) is 42.0 Å². The van der Waals surface area contributed by atoms with Crippen molar-refractivity contribution < 1.29 is 9.59 Å². The molecule has 2 fully saturated rings. The maximum absolute atomic E-state index is 12.7. The van der Waals surface area contributed by atoms with Crippen LogP contribution in [0.4, 0.5) is 5.82 Å². The van der Waals surface area contributed by atoms with Crippen LogP contribution < -0.4 is 5.32 Å².